The smallest absolute Gasteiger partial charge is 0.407 e. The Bertz CT molecular complexity index is 767. The number of hydrogen-bond donors (Lipinski definition) is 2. The average Bonchev–Trinajstić information content (AvgIpc) is 2.75. The molecule has 0 bridgehead atoms. The van der Waals surface area contributed by atoms with Crippen LogP contribution in [0.25, 0.3) is 0 Å². The monoisotopic (exact) mass is 447 g/mol. The van der Waals surface area contributed by atoms with Gasteiger partial charge in [0.25, 0.3) is 5.91 Å². The molecule has 8 heteroatoms. The lowest BCUT2D eigenvalue weighted by Gasteiger charge is -2.32. The largest absolute Gasteiger partial charge is 0.483 e. The van der Waals surface area contributed by atoms with Crippen molar-refractivity contribution >= 4 is 17.9 Å². The van der Waals surface area contributed by atoms with Gasteiger partial charge >= 0.3 is 6.09 Å². The van der Waals surface area contributed by atoms with Gasteiger partial charge in [-0.3, -0.25) is 9.59 Å². The standard InChI is InChI=1S/C24H37N3O5/c1-5-19-8-6-7-9-20(19)31-17-21(28)26-16-18-11-14-27(15-12-18)22(29)10-13-25-23(30)32-24(2,3)4/h6-9,18H,5,10-17H2,1-4H3,(H,25,30)(H,26,28). The summed E-state index contributed by atoms with van der Waals surface area (Å²) in [5.41, 5.74) is 0.524. The molecule has 2 N–H and O–H groups in total. The highest BCUT2D eigenvalue weighted by atomic mass is 16.6. The van der Waals surface area contributed by atoms with Gasteiger partial charge in [-0.1, -0.05) is 25.1 Å². The second-order valence-electron chi connectivity index (χ2n) is 9.06. The molecular formula is C24H37N3O5. The highest BCUT2D eigenvalue weighted by Crippen LogP contribution is 2.19. The van der Waals surface area contributed by atoms with Gasteiger partial charge in [0.05, 0.1) is 0 Å². The molecule has 8 nitrogen and oxygen atoms in total. The van der Waals surface area contributed by atoms with Crippen molar-refractivity contribution in [2.24, 2.45) is 5.92 Å². The number of para-hydroxylation sites is 1. The zero-order chi connectivity index (χ0) is 23.6. The summed E-state index contributed by atoms with van der Waals surface area (Å²) >= 11 is 0. The third-order valence-corrected chi connectivity index (χ3v) is 5.27. The number of nitrogens with one attached hydrogen (secondary N) is 2. The maximum Gasteiger partial charge on any atom is 0.407 e. The fraction of sp³-hybridized carbons (Fsp3) is 0.625. The molecule has 178 valence electrons. The maximum absolute atomic E-state index is 12.4. The van der Waals surface area contributed by atoms with Gasteiger partial charge in [0.2, 0.25) is 5.91 Å². The number of hydrogen-bond acceptors (Lipinski definition) is 5. The first-order valence-corrected chi connectivity index (χ1v) is 11.4. The first kappa shape index (κ1) is 25.5. The van der Waals surface area contributed by atoms with Gasteiger partial charge in [0, 0.05) is 32.6 Å². The van der Waals surface area contributed by atoms with Crippen LogP contribution in [0.2, 0.25) is 0 Å². The molecule has 0 unspecified atom stereocenters. The van der Waals surface area contributed by atoms with Gasteiger partial charge < -0.3 is 25.0 Å². The fourth-order valence-electron chi connectivity index (χ4n) is 3.52. The molecule has 2 rings (SSSR count). The van der Waals surface area contributed by atoms with Crippen LogP contribution in [-0.2, 0) is 20.7 Å². The molecule has 0 saturated carbocycles. The lowest BCUT2D eigenvalue weighted by molar-refractivity contribution is -0.132. The molecule has 0 aromatic heterocycles. The van der Waals surface area contributed by atoms with Gasteiger partial charge in [0.1, 0.15) is 11.4 Å². The number of aryl methyl sites for hydroxylation is 1. The topological polar surface area (TPSA) is 97.0 Å². The molecule has 0 spiro atoms. The van der Waals surface area contributed by atoms with E-state index in [1.807, 2.05) is 29.2 Å². The molecule has 1 aliphatic rings. The van der Waals surface area contributed by atoms with Crippen LogP contribution in [0.4, 0.5) is 4.79 Å². The van der Waals surface area contributed by atoms with Crippen LogP contribution in [0, 0.1) is 5.92 Å². The summed E-state index contributed by atoms with van der Waals surface area (Å²) in [6, 6.07) is 7.73. The van der Waals surface area contributed by atoms with Crippen LogP contribution in [0.3, 0.4) is 0 Å². The summed E-state index contributed by atoms with van der Waals surface area (Å²) in [6.07, 6.45) is 2.27. The van der Waals surface area contributed by atoms with Gasteiger partial charge in [-0.25, -0.2) is 4.79 Å². The zero-order valence-corrected chi connectivity index (χ0v) is 19.7. The SMILES string of the molecule is CCc1ccccc1OCC(=O)NCC1CCN(C(=O)CCNC(=O)OC(C)(C)C)CC1. The van der Waals surface area contributed by atoms with Gasteiger partial charge in [-0.05, 0) is 57.6 Å². The second kappa shape index (κ2) is 12.3. The van der Waals surface area contributed by atoms with E-state index < -0.39 is 11.7 Å². The summed E-state index contributed by atoms with van der Waals surface area (Å²) < 4.78 is 10.8. The Morgan fingerprint density at radius 1 is 1.09 bits per heavy atom. The quantitative estimate of drug-likeness (QED) is 0.607. The van der Waals surface area contributed by atoms with E-state index in [4.69, 9.17) is 9.47 Å². The van der Waals surface area contributed by atoms with Crippen LogP contribution in [0.1, 0.15) is 52.5 Å². The number of alkyl carbamates (subject to hydrolysis) is 1. The molecule has 1 aliphatic heterocycles. The molecule has 1 aromatic carbocycles. The first-order chi connectivity index (χ1) is 15.2. The number of piperidine rings is 1. The Balaban J connectivity index is 1.60. The summed E-state index contributed by atoms with van der Waals surface area (Å²) in [4.78, 5) is 38.0. The van der Waals surface area contributed by atoms with Crippen molar-refractivity contribution in [3.05, 3.63) is 29.8 Å². The van der Waals surface area contributed by atoms with Crippen LogP contribution in [0.5, 0.6) is 5.75 Å². The van der Waals surface area contributed by atoms with E-state index >= 15 is 0 Å². The van der Waals surface area contributed by atoms with Crippen molar-refractivity contribution in [1.29, 1.82) is 0 Å². The third kappa shape index (κ3) is 9.16. The predicted octanol–water partition coefficient (Wildman–Crippen LogP) is 2.90. The van der Waals surface area contributed by atoms with E-state index in [1.165, 1.54) is 0 Å². The molecular weight excluding hydrogens is 410 g/mol. The number of ether oxygens (including phenoxy) is 2. The van der Waals surface area contributed by atoms with Gasteiger partial charge in [-0.15, -0.1) is 0 Å². The van der Waals surface area contributed by atoms with Crippen molar-refractivity contribution in [3.8, 4) is 5.75 Å². The van der Waals surface area contributed by atoms with Crippen molar-refractivity contribution in [3.63, 3.8) is 0 Å². The predicted molar refractivity (Wildman–Crippen MR) is 122 cm³/mol. The molecule has 3 amide bonds. The molecule has 0 atom stereocenters. The average molecular weight is 448 g/mol. The molecule has 1 saturated heterocycles. The number of rotatable bonds is 9. The van der Waals surface area contributed by atoms with Crippen LogP contribution in [-0.4, -0.2) is 61.2 Å². The summed E-state index contributed by atoms with van der Waals surface area (Å²) in [6.45, 7) is 9.59. The number of nitrogens with zero attached hydrogens (tertiary/aromatic N) is 1. The number of benzene rings is 1. The fourth-order valence-corrected chi connectivity index (χ4v) is 3.52. The highest BCUT2D eigenvalue weighted by Gasteiger charge is 2.23. The second-order valence-corrected chi connectivity index (χ2v) is 9.06. The van der Waals surface area contributed by atoms with Crippen molar-refractivity contribution in [2.75, 3.05) is 32.8 Å². The molecule has 0 aliphatic carbocycles. The van der Waals surface area contributed by atoms with Crippen molar-refractivity contribution in [1.82, 2.24) is 15.5 Å². The Morgan fingerprint density at radius 2 is 1.78 bits per heavy atom. The third-order valence-electron chi connectivity index (χ3n) is 5.27. The first-order valence-electron chi connectivity index (χ1n) is 11.4. The molecule has 0 radical (unpaired) electrons. The Morgan fingerprint density at radius 3 is 2.44 bits per heavy atom. The van der Waals surface area contributed by atoms with Crippen LogP contribution >= 0.6 is 0 Å². The van der Waals surface area contributed by atoms with Crippen molar-refractivity contribution in [2.45, 2.75) is 59.0 Å². The summed E-state index contributed by atoms with van der Waals surface area (Å²) in [5.74, 6) is 0.970. The van der Waals surface area contributed by atoms with E-state index in [9.17, 15) is 14.4 Å². The minimum Gasteiger partial charge on any atom is -0.483 e. The van der Waals surface area contributed by atoms with E-state index in [2.05, 4.69) is 17.6 Å². The number of carbonyl (C=O) groups is 3. The van der Waals surface area contributed by atoms with Gasteiger partial charge in [0.15, 0.2) is 6.61 Å². The number of likely N-dealkylation sites (tertiary alicyclic amines) is 1. The minimum atomic E-state index is -0.558. The van der Waals surface area contributed by atoms with E-state index in [0.717, 1.165) is 30.6 Å². The molecule has 32 heavy (non-hydrogen) atoms. The van der Waals surface area contributed by atoms with Crippen LogP contribution in [0.15, 0.2) is 24.3 Å². The Kier molecular flexibility index (Phi) is 9.81. The Hall–Kier alpha value is -2.77. The molecule has 1 fully saturated rings. The van der Waals surface area contributed by atoms with E-state index in [0.29, 0.717) is 25.6 Å². The summed E-state index contributed by atoms with van der Waals surface area (Å²) in [7, 11) is 0. The van der Waals surface area contributed by atoms with E-state index in [1.54, 1.807) is 20.8 Å². The molecule has 1 heterocycles. The van der Waals surface area contributed by atoms with Crippen LogP contribution < -0.4 is 15.4 Å². The molecule has 1 aromatic rings. The highest BCUT2D eigenvalue weighted by molar-refractivity contribution is 5.78. The lowest BCUT2D eigenvalue weighted by atomic mass is 9.96. The lowest BCUT2D eigenvalue weighted by Crippen LogP contribution is -2.43. The minimum absolute atomic E-state index is 0.001000. The Labute approximate surface area is 191 Å². The zero-order valence-electron chi connectivity index (χ0n) is 19.7. The summed E-state index contributed by atoms with van der Waals surface area (Å²) in [5, 5.41) is 5.55. The number of amides is 3. The maximum atomic E-state index is 12.4. The van der Waals surface area contributed by atoms with Crippen molar-refractivity contribution < 1.29 is 23.9 Å². The number of carbonyl (C=O) groups excluding carboxylic acids is 3. The normalized spacial score (nSPS) is 14.6. The van der Waals surface area contributed by atoms with E-state index in [-0.39, 0.29) is 31.4 Å². The van der Waals surface area contributed by atoms with Gasteiger partial charge in [-0.2, -0.15) is 0 Å².